The lowest BCUT2D eigenvalue weighted by Gasteiger charge is -2.30. The monoisotopic (exact) mass is 516 g/mol. The number of hydrogen-bond acceptors (Lipinski definition) is 7. The second-order valence-corrected chi connectivity index (χ2v) is 10.5. The Morgan fingerprint density at radius 1 is 1.19 bits per heavy atom. The van der Waals surface area contributed by atoms with E-state index in [0.717, 1.165) is 30.5 Å². The minimum atomic E-state index is -0.853. The van der Waals surface area contributed by atoms with Crippen molar-refractivity contribution in [1.82, 2.24) is 4.57 Å². The third kappa shape index (κ3) is 6.10. The number of esters is 1. The van der Waals surface area contributed by atoms with Crippen molar-refractivity contribution in [3.63, 3.8) is 0 Å². The van der Waals surface area contributed by atoms with E-state index < -0.39 is 17.6 Å². The number of benzene rings is 1. The molecule has 0 saturated carbocycles. The SMILES string of the molecule is COc1cn(C(C[C@H]2CCCCO2)C(=O)OC(C)(C)C)c(=O)cc1-c1cc(Cl)ccc1C1=NOCC1. The Morgan fingerprint density at radius 3 is 2.64 bits per heavy atom. The van der Waals surface area contributed by atoms with E-state index in [1.165, 1.54) is 17.7 Å². The molecule has 9 heteroatoms. The van der Waals surface area contributed by atoms with Crippen molar-refractivity contribution in [3.8, 4) is 16.9 Å². The summed E-state index contributed by atoms with van der Waals surface area (Å²) >= 11 is 6.33. The number of pyridine rings is 1. The topological polar surface area (TPSA) is 88.3 Å². The van der Waals surface area contributed by atoms with Gasteiger partial charge in [-0.05, 0) is 57.7 Å². The van der Waals surface area contributed by atoms with Crippen LogP contribution in [0.3, 0.4) is 0 Å². The molecule has 2 aromatic rings. The molecule has 1 fully saturated rings. The average molecular weight is 517 g/mol. The Morgan fingerprint density at radius 2 is 2.00 bits per heavy atom. The maximum atomic E-state index is 13.5. The van der Waals surface area contributed by atoms with Gasteiger partial charge in [0.1, 0.15) is 24.0 Å². The zero-order valence-electron chi connectivity index (χ0n) is 21.2. The second-order valence-electron chi connectivity index (χ2n) is 10.1. The van der Waals surface area contributed by atoms with Crippen molar-refractivity contribution in [3.05, 3.63) is 51.4 Å². The summed E-state index contributed by atoms with van der Waals surface area (Å²) in [6, 6.07) is 6.04. The molecule has 0 spiro atoms. The van der Waals surface area contributed by atoms with Gasteiger partial charge in [-0.3, -0.25) is 9.36 Å². The summed E-state index contributed by atoms with van der Waals surface area (Å²) in [5.41, 5.74) is 1.80. The lowest BCUT2D eigenvalue weighted by molar-refractivity contribution is -0.160. The molecular formula is C27H33ClN2O6. The first-order valence-corrected chi connectivity index (χ1v) is 12.7. The van der Waals surface area contributed by atoms with Crippen molar-refractivity contribution in [2.75, 3.05) is 20.3 Å². The normalized spacial score (nSPS) is 18.8. The lowest BCUT2D eigenvalue weighted by atomic mass is 9.95. The molecule has 1 aromatic carbocycles. The van der Waals surface area contributed by atoms with Crippen LogP contribution in [-0.4, -0.2) is 48.3 Å². The molecule has 194 valence electrons. The Hall–Kier alpha value is -2.84. The number of halogens is 1. The fraction of sp³-hybridized carbons (Fsp3) is 0.519. The molecular weight excluding hydrogens is 484 g/mol. The van der Waals surface area contributed by atoms with Crippen LogP contribution < -0.4 is 10.3 Å². The molecule has 4 rings (SSSR count). The highest BCUT2D eigenvalue weighted by molar-refractivity contribution is 6.31. The number of hydrogen-bond donors (Lipinski definition) is 0. The number of aromatic nitrogens is 1. The quantitative estimate of drug-likeness (QED) is 0.473. The summed E-state index contributed by atoms with van der Waals surface area (Å²) in [6.07, 6.45) is 5.28. The van der Waals surface area contributed by atoms with Gasteiger partial charge < -0.3 is 19.0 Å². The highest BCUT2D eigenvalue weighted by atomic mass is 35.5. The Balaban J connectivity index is 1.78. The van der Waals surface area contributed by atoms with Crippen molar-refractivity contribution in [2.45, 2.75) is 70.6 Å². The van der Waals surface area contributed by atoms with Crippen molar-refractivity contribution in [2.24, 2.45) is 5.16 Å². The average Bonchev–Trinajstić information content (AvgIpc) is 3.37. The zero-order valence-corrected chi connectivity index (χ0v) is 22.0. The van der Waals surface area contributed by atoms with Crippen molar-refractivity contribution >= 4 is 23.3 Å². The smallest absolute Gasteiger partial charge is 0.329 e. The molecule has 0 N–H and O–H groups in total. The number of methoxy groups -OCH3 is 1. The Bertz CT molecular complexity index is 1190. The first kappa shape index (κ1) is 26.2. The van der Waals surface area contributed by atoms with Gasteiger partial charge in [0.2, 0.25) is 0 Å². The molecule has 1 saturated heterocycles. The first-order valence-electron chi connectivity index (χ1n) is 12.3. The van der Waals surface area contributed by atoms with E-state index in [-0.39, 0.29) is 11.7 Å². The van der Waals surface area contributed by atoms with Crippen LogP contribution >= 0.6 is 11.6 Å². The van der Waals surface area contributed by atoms with Crippen LogP contribution in [0.5, 0.6) is 5.75 Å². The second kappa shape index (κ2) is 11.0. The van der Waals surface area contributed by atoms with E-state index in [1.807, 2.05) is 26.8 Å². The molecule has 1 unspecified atom stereocenters. The number of ether oxygens (including phenoxy) is 3. The largest absolute Gasteiger partial charge is 0.495 e. The van der Waals surface area contributed by atoms with E-state index >= 15 is 0 Å². The molecule has 0 aliphatic carbocycles. The first-order chi connectivity index (χ1) is 17.2. The highest BCUT2D eigenvalue weighted by Crippen LogP contribution is 2.35. The van der Waals surface area contributed by atoms with Gasteiger partial charge in [-0.2, -0.15) is 0 Å². The summed E-state index contributed by atoms with van der Waals surface area (Å²) in [7, 11) is 1.53. The van der Waals surface area contributed by atoms with E-state index in [9.17, 15) is 9.59 Å². The zero-order chi connectivity index (χ0) is 25.9. The molecule has 2 aliphatic heterocycles. The number of nitrogens with zero attached hydrogens (tertiary/aromatic N) is 2. The van der Waals surface area contributed by atoms with E-state index in [1.54, 1.807) is 18.3 Å². The van der Waals surface area contributed by atoms with Crippen LogP contribution in [0.25, 0.3) is 11.1 Å². The van der Waals surface area contributed by atoms with Gasteiger partial charge in [-0.1, -0.05) is 22.8 Å². The molecule has 36 heavy (non-hydrogen) atoms. The lowest BCUT2D eigenvalue weighted by Crippen LogP contribution is -2.37. The summed E-state index contributed by atoms with van der Waals surface area (Å²) in [4.78, 5) is 32.0. The summed E-state index contributed by atoms with van der Waals surface area (Å²) in [5.74, 6) is -0.0507. The van der Waals surface area contributed by atoms with Crippen LogP contribution in [0.1, 0.15) is 64.5 Å². The van der Waals surface area contributed by atoms with Crippen LogP contribution in [0.2, 0.25) is 5.02 Å². The van der Waals surface area contributed by atoms with Gasteiger partial charge in [0.05, 0.1) is 25.1 Å². The minimum absolute atomic E-state index is 0.131. The van der Waals surface area contributed by atoms with Crippen molar-refractivity contribution < 1.29 is 23.8 Å². The molecule has 3 heterocycles. The third-order valence-electron chi connectivity index (χ3n) is 6.23. The predicted molar refractivity (Wildman–Crippen MR) is 138 cm³/mol. The molecule has 8 nitrogen and oxygen atoms in total. The number of carbonyl (C=O) groups is 1. The predicted octanol–water partition coefficient (Wildman–Crippen LogP) is 5.14. The number of rotatable bonds is 7. The van der Waals surface area contributed by atoms with Crippen molar-refractivity contribution in [1.29, 1.82) is 0 Å². The number of oxime groups is 1. The molecule has 1 aromatic heterocycles. The molecule has 2 aliphatic rings. The van der Waals surface area contributed by atoms with E-state index in [2.05, 4.69) is 5.16 Å². The molecule has 0 bridgehead atoms. The Kier molecular flexibility index (Phi) is 8.05. The minimum Gasteiger partial charge on any atom is -0.495 e. The van der Waals surface area contributed by atoms with Gasteiger partial charge in [-0.15, -0.1) is 0 Å². The standard InChI is InChI=1S/C27H33ClN2O6/c1-27(2,3)36-26(32)23(14-18-7-5-6-11-34-18)30-16-24(33-4)21(15-25(30)31)20-13-17(28)8-9-19(20)22-10-12-35-29-22/h8-9,13,15-16,18,23H,5-7,10-12,14H2,1-4H3/t18-,23?/m1/s1. The van der Waals surface area contributed by atoms with Gasteiger partial charge >= 0.3 is 5.97 Å². The molecule has 0 amide bonds. The highest BCUT2D eigenvalue weighted by Gasteiger charge is 2.32. The van der Waals surface area contributed by atoms with Gasteiger partial charge in [0, 0.05) is 41.7 Å². The summed E-state index contributed by atoms with van der Waals surface area (Å²) in [5, 5.41) is 4.66. The Labute approximate surface area is 216 Å². The van der Waals surface area contributed by atoms with Gasteiger partial charge in [0.15, 0.2) is 0 Å². The molecule has 2 atom stereocenters. The summed E-state index contributed by atoms with van der Waals surface area (Å²) in [6.45, 7) is 6.57. The van der Waals surface area contributed by atoms with Gasteiger partial charge in [-0.25, -0.2) is 4.79 Å². The van der Waals surface area contributed by atoms with Crippen LogP contribution in [0, 0.1) is 0 Å². The maximum absolute atomic E-state index is 13.5. The van der Waals surface area contributed by atoms with E-state index in [4.69, 9.17) is 30.6 Å². The summed E-state index contributed by atoms with van der Waals surface area (Å²) < 4.78 is 18.7. The van der Waals surface area contributed by atoms with Crippen LogP contribution in [0.4, 0.5) is 0 Å². The van der Waals surface area contributed by atoms with Crippen LogP contribution in [-0.2, 0) is 19.1 Å². The number of carbonyl (C=O) groups excluding carboxylic acids is 1. The fourth-order valence-corrected chi connectivity index (χ4v) is 4.74. The third-order valence-corrected chi connectivity index (χ3v) is 6.46. The maximum Gasteiger partial charge on any atom is 0.329 e. The van der Waals surface area contributed by atoms with E-state index in [0.29, 0.717) is 48.0 Å². The molecule has 0 radical (unpaired) electrons. The fourth-order valence-electron chi connectivity index (χ4n) is 4.57. The van der Waals surface area contributed by atoms with Crippen LogP contribution in [0.15, 0.2) is 40.4 Å². The van der Waals surface area contributed by atoms with Gasteiger partial charge in [0.25, 0.3) is 5.56 Å².